The summed E-state index contributed by atoms with van der Waals surface area (Å²) in [6.45, 7) is 0. The van der Waals surface area contributed by atoms with Crippen LogP contribution in [0.1, 0.15) is 15.9 Å². The van der Waals surface area contributed by atoms with Gasteiger partial charge in [0, 0.05) is 22.0 Å². The van der Waals surface area contributed by atoms with Crippen LogP contribution in [0.15, 0.2) is 34.8 Å². The van der Waals surface area contributed by atoms with Crippen LogP contribution in [0.3, 0.4) is 0 Å². The molecular formula is C15H10BrF3O2. The van der Waals surface area contributed by atoms with Gasteiger partial charge in [-0.3, -0.25) is 4.79 Å². The van der Waals surface area contributed by atoms with Gasteiger partial charge in [-0.1, -0.05) is 15.9 Å². The molecule has 0 saturated carbocycles. The van der Waals surface area contributed by atoms with E-state index in [1.165, 1.54) is 7.11 Å². The smallest absolute Gasteiger partial charge is 0.194 e. The van der Waals surface area contributed by atoms with Gasteiger partial charge >= 0.3 is 0 Å². The number of rotatable bonds is 4. The Morgan fingerprint density at radius 3 is 2.33 bits per heavy atom. The number of benzene rings is 2. The molecule has 0 saturated heterocycles. The molecule has 6 heteroatoms. The molecule has 0 spiro atoms. The maximum absolute atomic E-state index is 13.1. The molecule has 0 aliphatic rings. The molecule has 0 atom stereocenters. The molecule has 0 aliphatic carbocycles. The third kappa shape index (κ3) is 3.44. The van der Waals surface area contributed by atoms with Gasteiger partial charge in [0.05, 0.1) is 7.11 Å². The van der Waals surface area contributed by atoms with Crippen LogP contribution in [-0.4, -0.2) is 12.9 Å². The van der Waals surface area contributed by atoms with Crippen molar-refractivity contribution in [1.29, 1.82) is 0 Å². The Kier molecular flexibility index (Phi) is 4.67. The molecule has 0 fully saturated rings. The lowest BCUT2D eigenvalue weighted by Crippen LogP contribution is -2.07. The molecule has 21 heavy (non-hydrogen) atoms. The first-order chi connectivity index (χ1) is 9.92. The van der Waals surface area contributed by atoms with Crippen LogP contribution in [0.2, 0.25) is 0 Å². The number of hydrogen-bond donors (Lipinski definition) is 0. The van der Waals surface area contributed by atoms with E-state index in [1.807, 2.05) is 0 Å². The molecular weight excluding hydrogens is 349 g/mol. The number of ketones is 1. The number of ether oxygens (including phenoxy) is 1. The summed E-state index contributed by atoms with van der Waals surface area (Å²) in [4.78, 5) is 12.1. The standard InChI is InChI=1S/C15H10BrF3O2/c1-21-14-3-2-10(16)4-9(14)7-13(20)8-5-11(17)15(19)12(18)6-8/h2-6H,7H2,1H3. The van der Waals surface area contributed by atoms with Gasteiger partial charge in [-0.2, -0.15) is 0 Å². The second kappa shape index (κ2) is 6.30. The molecule has 2 nitrogen and oxygen atoms in total. The zero-order chi connectivity index (χ0) is 15.6. The van der Waals surface area contributed by atoms with E-state index >= 15 is 0 Å². The molecule has 0 aliphatic heterocycles. The van der Waals surface area contributed by atoms with Crippen molar-refractivity contribution in [2.45, 2.75) is 6.42 Å². The third-order valence-corrected chi connectivity index (χ3v) is 3.39. The van der Waals surface area contributed by atoms with Crippen LogP contribution in [0.25, 0.3) is 0 Å². The van der Waals surface area contributed by atoms with Crippen LogP contribution < -0.4 is 4.74 Å². The zero-order valence-corrected chi connectivity index (χ0v) is 12.5. The molecule has 2 aromatic carbocycles. The SMILES string of the molecule is COc1ccc(Br)cc1CC(=O)c1cc(F)c(F)c(F)c1. The topological polar surface area (TPSA) is 26.3 Å². The van der Waals surface area contributed by atoms with E-state index in [4.69, 9.17) is 4.74 Å². The van der Waals surface area contributed by atoms with E-state index in [-0.39, 0.29) is 12.0 Å². The van der Waals surface area contributed by atoms with E-state index in [0.29, 0.717) is 23.4 Å². The first-order valence-electron chi connectivity index (χ1n) is 5.92. The highest BCUT2D eigenvalue weighted by atomic mass is 79.9. The fourth-order valence-electron chi connectivity index (χ4n) is 1.88. The largest absolute Gasteiger partial charge is 0.496 e. The average Bonchev–Trinajstić information content (AvgIpc) is 2.44. The van der Waals surface area contributed by atoms with Gasteiger partial charge < -0.3 is 4.74 Å². The fourth-order valence-corrected chi connectivity index (χ4v) is 2.29. The van der Waals surface area contributed by atoms with E-state index < -0.39 is 23.2 Å². The van der Waals surface area contributed by atoms with Crippen molar-refractivity contribution < 1.29 is 22.7 Å². The van der Waals surface area contributed by atoms with Gasteiger partial charge in [0.15, 0.2) is 23.2 Å². The van der Waals surface area contributed by atoms with Crippen LogP contribution in [-0.2, 0) is 6.42 Å². The lowest BCUT2D eigenvalue weighted by molar-refractivity contribution is 0.0991. The van der Waals surface area contributed by atoms with E-state index in [0.717, 1.165) is 4.47 Å². The summed E-state index contributed by atoms with van der Waals surface area (Å²) in [6.07, 6.45) is -0.118. The summed E-state index contributed by atoms with van der Waals surface area (Å²) in [5.74, 6) is -4.43. The van der Waals surface area contributed by atoms with Crippen molar-refractivity contribution in [2.75, 3.05) is 7.11 Å². The van der Waals surface area contributed by atoms with Crippen molar-refractivity contribution >= 4 is 21.7 Å². The number of methoxy groups -OCH3 is 1. The predicted molar refractivity (Wildman–Crippen MR) is 75.0 cm³/mol. The molecule has 0 unspecified atom stereocenters. The third-order valence-electron chi connectivity index (χ3n) is 2.90. The van der Waals surface area contributed by atoms with E-state index in [9.17, 15) is 18.0 Å². The zero-order valence-electron chi connectivity index (χ0n) is 10.9. The molecule has 0 amide bonds. The Bertz CT molecular complexity index is 678. The summed E-state index contributed by atoms with van der Waals surface area (Å²) < 4.78 is 45.0. The minimum absolute atomic E-state index is 0.118. The number of carbonyl (C=O) groups is 1. The van der Waals surface area contributed by atoms with Gasteiger partial charge in [-0.05, 0) is 30.3 Å². The average molecular weight is 359 g/mol. The lowest BCUT2D eigenvalue weighted by Gasteiger charge is -2.09. The van der Waals surface area contributed by atoms with Crippen LogP contribution in [0.4, 0.5) is 13.2 Å². The summed E-state index contributed by atoms with van der Waals surface area (Å²) in [7, 11) is 1.45. The normalized spacial score (nSPS) is 10.5. The summed E-state index contributed by atoms with van der Waals surface area (Å²) in [5.41, 5.74) is 0.329. The van der Waals surface area contributed by atoms with Crippen molar-refractivity contribution in [2.24, 2.45) is 0 Å². The Labute approximate surface area is 127 Å². The summed E-state index contributed by atoms with van der Waals surface area (Å²) in [6, 6.07) is 6.45. The molecule has 0 aromatic heterocycles. The number of Topliss-reactive ketones (excluding diaryl/α,β-unsaturated/α-hetero) is 1. The fraction of sp³-hybridized carbons (Fsp3) is 0.133. The molecule has 110 valence electrons. The summed E-state index contributed by atoms with van der Waals surface area (Å²) in [5, 5.41) is 0. The minimum Gasteiger partial charge on any atom is -0.496 e. The maximum Gasteiger partial charge on any atom is 0.194 e. The molecule has 0 radical (unpaired) electrons. The molecule has 2 aromatic rings. The first-order valence-corrected chi connectivity index (χ1v) is 6.72. The highest BCUT2D eigenvalue weighted by Gasteiger charge is 2.17. The Morgan fingerprint density at radius 2 is 1.76 bits per heavy atom. The number of carbonyl (C=O) groups excluding carboxylic acids is 1. The number of hydrogen-bond acceptors (Lipinski definition) is 2. The maximum atomic E-state index is 13.1. The van der Waals surface area contributed by atoms with Gasteiger partial charge in [-0.15, -0.1) is 0 Å². The van der Waals surface area contributed by atoms with Crippen molar-refractivity contribution in [3.05, 3.63) is 63.4 Å². The lowest BCUT2D eigenvalue weighted by atomic mass is 10.0. The predicted octanol–water partition coefficient (Wildman–Crippen LogP) is 4.30. The monoisotopic (exact) mass is 358 g/mol. The van der Waals surface area contributed by atoms with Crippen LogP contribution in [0.5, 0.6) is 5.75 Å². The molecule has 0 bridgehead atoms. The minimum atomic E-state index is -1.59. The molecule has 0 heterocycles. The Balaban J connectivity index is 2.32. The van der Waals surface area contributed by atoms with Gasteiger partial charge in [-0.25, -0.2) is 13.2 Å². The van der Waals surface area contributed by atoms with Crippen LogP contribution >= 0.6 is 15.9 Å². The first kappa shape index (κ1) is 15.6. The van der Waals surface area contributed by atoms with Gasteiger partial charge in [0.25, 0.3) is 0 Å². The molecule has 2 rings (SSSR count). The van der Waals surface area contributed by atoms with E-state index in [1.54, 1.807) is 18.2 Å². The highest BCUT2D eigenvalue weighted by molar-refractivity contribution is 9.10. The van der Waals surface area contributed by atoms with Crippen molar-refractivity contribution in [3.63, 3.8) is 0 Å². The second-order valence-electron chi connectivity index (χ2n) is 4.31. The Hall–Kier alpha value is -1.82. The van der Waals surface area contributed by atoms with Crippen LogP contribution in [0, 0.1) is 17.5 Å². The summed E-state index contributed by atoms with van der Waals surface area (Å²) >= 11 is 3.27. The Morgan fingerprint density at radius 1 is 1.14 bits per heavy atom. The van der Waals surface area contributed by atoms with Gasteiger partial charge in [0.1, 0.15) is 5.75 Å². The molecule has 0 N–H and O–H groups in total. The van der Waals surface area contributed by atoms with Gasteiger partial charge in [0.2, 0.25) is 0 Å². The van der Waals surface area contributed by atoms with Crippen molar-refractivity contribution in [3.8, 4) is 5.75 Å². The number of halogens is 4. The van der Waals surface area contributed by atoms with Crippen molar-refractivity contribution in [1.82, 2.24) is 0 Å². The quantitative estimate of drug-likeness (QED) is 0.601. The van der Waals surface area contributed by atoms with E-state index in [2.05, 4.69) is 15.9 Å². The highest BCUT2D eigenvalue weighted by Crippen LogP contribution is 2.25. The second-order valence-corrected chi connectivity index (χ2v) is 5.23.